The number of guanidine groups is 1. The van der Waals surface area contributed by atoms with Crippen LogP contribution in [0.2, 0.25) is 0 Å². The molecule has 18 heavy (non-hydrogen) atoms. The van der Waals surface area contributed by atoms with Crippen LogP contribution in [0.4, 0.5) is 0 Å². The average Bonchev–Trinajstić information content (AvgIpc) is 2.32. The molecule has 0 amide bonds. The lowest BCUT2D eigenvalue weighted by molar-refractivity contribution is 0.578. The summed E-state index contributed by atoms with van der Waals surface area (Å²) in [5.74, 6) is 1.43. The lowest BCUT2D eigenvalue weighted by atomic mass is 10.2. The zero-order valence-electron chi connectivity index (χ0n) is 11.8. The number of rotatable bonds is 8. The van der Waals surface area contributed by atoms with Crippen LogP contribution in [0.1, 0.15) is 27.2 Å². The minimum Gasteiger partial charge on any atom is -0.356 e. The van der Waals surface area contributed by atoms with E-state index in [1.807, 2.05) is 0 Å². The van der Waals surface area contributed by atoms with Crippen LogP contribution in [0.25, 0.3) is 0 Å². The molecule has 3 N–H and O–H groups in total. The molecule has 6 nitrogen and oxygen atoms in total. The number of nitrogens with zero attached hydrogens (tertiary/aromatic N) is 1. The van der Waals surface area contributed by atoms with Gasteiger partial charge in [0.2, 0.25) is 10.0 Å². The fraction of sp³-hybridized carbons (Fsp3) is 0.909. The summed E-state index contributed by atoms with van der Waals surface area (Å²) in [7, 11) is -1.35. The largest absolute Gasteiger partial charge is 0.356 e. The highest BCUT2D eigenvalue weighted by molar-refractivity contribution is 7.89. The van der Waals surface area contributed by atoms with E-state index in [4.69, 9.17) is 0 Å². The highest BCUT2D eigenvalue weighted by Crippen LogP contribution is 1.87. The molecule has 0 aliphatic heterocycles. The Balaban J connectivity index is 3.70. The third-order valence-electron chi connectivity index (χ3n) is 2.25. The van der Waals surface area contributed by atoms with Crippen LogP contribution < -0.4 is 15.4 Å². The van der Waals surface area contributed by atoms with Crippen molar-refractivity contribution < 1.29 is 8.42 Å². The summed E-state index contributed by atoms with van der Waals surface area (Å²) >= 11 is 0. The Morgan fingerprint density at radius 1 is 1.22 bits per heavy atom. The summed E-state index contributed by atoms with van der Waals surface area (Å²) in [4.78, 5) is 4.08. The summed E-state index contributed by atoms with van der Waals surface area (Å²) < 4.78 is 24.8. The summed E-state index contributed by atoms with van der Waals surface area (Å²) in [6, 6.07) is 0. The molecule has 0 saturated heterocycles. The molecule has 0 unspecified atom stereocenters. The van der Waals surface area contributed by atoms with E-state index < -0.39 is 10.0 Å². The van der Waals surface area contributed by atoms with Gasteiger partial charge in [0.25, 0.3) is 0 Å². The molecule has 0 aliphatic carbocycles. The molecule has 0 spiro atoms. The van der Waals surface area contributed by atoms with Gasteiger partial charge in [-0.15, -0.1) is 0 Å². The van der Waals surface area contributed by atoms with Crippen LogP contribution in [-0.4, -0.2) is 46.8 Å². The zero-order valence-corrected chi connectivity index (χ0v) is 12.6. The number of hydrogen-bond donors (Lipinski definition) is 3. The second-order valence-corrected chi connectivity index (χ2v) is 6.52. The van der Waals surface area contributed by atoms with E-state index in [0.717, 1.165) is 18.9 Å². The van der Waals surface area contributed by atoms with Crippen LogP contribution >= 0.6 is 0 Å². The fourth-order valence-electron chi connectivity index (χ4n) is 1.15. The van der Waals surface area contributed by atoms with E-state index in [2.05, 4.69) is 34.2 Å². The van der Waals surface area contributed by atoms with Crippen LogP contribution in [0, 0.1) is 5.92 Å². The van der Waals surface area contributed by atoms with Crippen molar-refractivity contribution in [3.63, 3.8) is 0 Å². The lowest BCUT2D eigenvalue weighted by Gasteiger charge is -2.13. The van der Waals surface area contributed by atoms with Gasteiger partial charge in [0, 0.05) is 26.7 Å². The van der Waals surface area contributed by atoms with Gasteiger partial charge in [-0.1, -0.05) is 13.8 Å². The topological polar surface area (TPSA) is 82.6 Å². The molecule has 0 fully saturated rings. The minimum absolute atomic E-state index is 0.123. The Morgan fingerprint density at radius 3 is 2.39 bits per heavy atom. The van der Waals surface area contributed by atoms with Crippen molar-refractivity contribution in [2.45, 2.75) is 27.2 Å². The quantitative estimate of drug-likeness (QED) is 0.335. The Kier molecular flexibility index (Phi) is 8.74. The molecule has 108 valence electrons. The van der Waals surface area contributed by atoms with E-state index in [9.17, 15) is 8.42 Å². The molecule has 0 aromatic rings. The second-order valence-electron chi connectivity index (χ2n) is 4.43. The first-order valence-corrected chi connectivity index (χ1v) is 7.98. The molecule has 0 rings (SSSR count). The monoisotopic (exact) mass is 278 g/mol. The zero-order chi connectivity index (χ0) is 14.0. The van der Waals surface area contributed by atoms with Gasteiger partial charge in [0.15, 0.2) is 5.96 Å². The normalized spacial score (nSPS) is 12.8. The van der Waals surface area contributed by atoms with Crippen molar-refractivity contribution in [1.82, 2.24) is 15.4 Å². The Bertz CT molecular complexity index is 339. The van der Waals surface area contributed by atoms with Crippen molar-refractivity contribution in [3.05, 3.63) is 0 Å². The van der Waals surface area contributed by atoms with Crippen LogP contribution in [0.15, 0.2) is 4.99 Å². The highest BCUT2D eigenvalue weighted by Gasteiger charge is 2.04. The SMILES string of the molecule is CCS(=O)(=O)NCCCNC(=NC)NCC(C)C. The van der Waals surface area contributed by atoms with Gasteiger partial charge in [0.1, 0.15) is 0 Å². The average molecular weight is 278 g/mol. The van der Waals surface area contributed by atoms with E-state index in [-0.39, 0.29) is 5.75 Å². The maximum atomic E-state index is 11.2. The maximum absolute atomic E-state index is 11.2. The number of hydrogen-bond acceptors (Lipinski definition) is 3. The van der Waals surface area contributed by atoms with Gasteiger partial charge in [-0.25, -0.2) is 13.1 Å². The fourth-order valence-corrected chi connectivity index (χ4v) is 1.81. The first-order valence-electron chi connectivity index (χ1n) is 6.33. The first-order chi connectivity index (χ1) is 8.41. The predicted molar refractivity (Wildman–Crippen MR) is 76.3 cm³/mol. The summed E-state index contributed by atoms with van der Waals surface area (Å²) in [5.41, 5.74) is 0. The van der Waals surface area contributed by atoms with Crippen molar-refractivity contribution in [2.24, 2.45) is 10.9 Å². The molecule has 0 atom stereocenters. The molecule has 0 heterocycles. The Hall–Kier alpha value is -0.820. The smallest absolute Gasteiger partial charge is 0.211 e. The van der Waals surface area contributed by atoms with E-state index >= 15 is 0 Å². The van der Waals surface area contributed by atoms with E-state index in [1.165, 1.54) is 0 Å². The summed E-state index contributed by atoms with van der Waals surface area (Å²) in [5, 5.41) is 6.32. The van der Waals surface area contributed by atoms with Crippen molar-refractivity contribution in [3.8, 4) is 0 Å². The molecule has 7 heteroatoms. The van der Waals surface area contributed by atoms with Crippen molar-refractivity contribution in [1.29, 1.82) is 0 Å². The third-order valence-corrected chi connectivity index (χ3v) is 3.65. The van der Waals surface area contributed by atoms with E-state index in [1.54, 1.807) is 14.0 Å². The van der Waals surface area contributed by atoms with Gasteiger partial charge < -0.3 is 10.6 Å². The molecule has 0 saturated carbocycles. The third kappa shape index (κ3) is 9.23. The Morgan fingerprint density at radius 2 is 1.89 bits per heavy atom. The van der Waals surface area contributed by atoms with Gasteiger partial charge in [0.05, 0.1) is 5.75 Å². The minimum atomic E-state index is -3.07. The van der Waals surface area contributed by atoms with Gasteiger partial charge in [-0.05, 0) is 19.3 Å². The molecule has 0 bridgehead atoms. The molecular formula is C11H26N4O2S. The van der Waals surface area contributed by atoms with Gasteiger partial charge in [-0.3, -0.25) is 4.99 Å². The summed E-state index contributed by atoms with van der Waals surface area (Å²) in [6.45, 7) is 7.87. The maximum Gasteiger partial charge on any atom is 0.211 e. The predicted octanol–water partition coefficient (Wildman–Crippen LogP) is 0.137. The van der Waals surface area contributed by atoms with Crippen LogP contribution in [-0.2, 0) is 10.0 Å². The second kappa shape index (κ2) is 9.16. The van der Waals surface area contributed by atoms with Gasteiger partial charge >= 0.3 is 0 Å². The lowest BCUT2D eigenvalue weighted by Crippen LogP contribution is -2.40. The molecule has 0 radical (unpaired) electrons. The molecular weight excluding hydrogens is 252 g/mol. The molecule has 0 aromatic heterocycles. The summed E-state index contributed by atoms with van der Waals surface area (Å²) in [6.07, 6.45) is 0.724. The van der Waals surface area contributed by atoms with E-state index in [0.29, 0.717) is 19.0 Å². The van der Waals surface area contributed by atoms with Crippen molar-refractivity contribution in [2.75, 3.05) is 32.4 Å². The molecule has 0 aliphatic rings. The van der Waals surface area contributed by atoms with Crippen LogP contribution in [0.3, 0.4) is 0 Å². The number of aliphatic imine (C=N–C) groups is 1. The number of nitrogens with one attached hydrogen (secondary N) is 3. The van der Waals surface area contributed by atoms with Crippen LogP contribution in [0.5, 0.6) is 0 Å². The standard InChI is InChI=1S/C11H26N4O2S/c1-5-18(16,17)15-8-6-7-13-11(12-4)14-9-10(2)3/h10,15H,5-9H2,1-4H3,(H2,12,13,14). The highest BCUT2D eigenvalue weighted by atomic mass is 32.2. The Labute approximate surface area is 111 Å². The van der Waals surface area contributed by atoms with Gasteiger partial charge in [-0.2, -0.15) is 0 Å². The van der Waals surface area contributed by atoms with Crippen molar-refractivity contribution >= 4 is 16.0 Å². The number of sulfonamides is 1. The molecule has 0 aromatic carbocycles. The first kappa shape index (κ1) is 17.2.